The summed E-state index contributed by atoms with van der Waals surface area (Å²) in [7, 11) is 0. The summed E-state index contributed by atoms with van der Waals surface area (Å²) in [5, 5.41) is 13.7. The fourth-order valence-electron chi connectivity index (χ4n) is 2.69. The number of aliphatic hydroxyl groups is 1. The Morgan fingerprint density at radius 1 is 1.29 bits per heavy atom. The van der Waals surface area contributed by atoms with Crippen molar-refractivity contribution in [3.8, 4) is 11.4 Å². The van der Waals surface area contributed by atoms with Crippen molar-refractivity contribution in [3.63, 3.8) is 0 Å². The van der Waals surface area contributed by atoms with E-state index >= 15 is 0 Å². The highest BCUT2D eigenvalue weighted by molar-refractivity contribution is 5.54. The van der Waals surface area contributed by atoms with Crippen LogP contribution in [0.25, 0.3) is 11.4 Å². The second-order valence-corrected chi connectivity index (χ2v) is 6.16. The number of hydrogen-bond donors (Lipinski definition) is 1. The van der Waals surface area contributed by atoms with Crippen LogP contribution in [0.1, 0.15) is 24.8 Å². The van der Waals surface area contributed by atoms with E-state index in [1.165, 1.54) is 12.1 Å². The van der Waals surface area contributed by atoms with Crippen molar-refractivity contribution in [1.82, 2.24) is 15.0 Å². The average molecular weight is 341 g/mol. The Morgan fingerprint density at radius 3 is 2.62 bits per heavy atom. The van der Waals surface area contributed by atoms with E-state index in [2.05, 4.69) is 10.1 Å². The Balaban J connectivity index is 1.67. The lowest BCUT2D eigenvalue weighted by Crippen LogP contribution is -2.42. The van der Waals surface area contributed by atoms with Crippen molar-refractivity contribution >= 4 is 0 Å². The van der Waals surface area contributed by atoms with Crippen LogP contribution in [0, 0.1) is 5.92 Å². The molecule has 8 heteroatoms. The van der Waals surface area contributed by atoms with Gasteiger partial charge in [-0.1, -0.05) is 24.2 Å². The van der Waals surface area contributed by atoms with Gasteiger partial charge in [-0.25, -0.2) is 0 Å². The van der Waals surface area contributed by atoms with Crippen molar-refractivity contribution in [3.05, 3.63) is 35.7 Å². The number of nitrogens with zero attached hydrogens (tertiary/aromatic N) is 3. The second kappa shape index (κ2) is 6.52. The van der Waals surface area contributed by atoms with Gasteiger partial charge < -0.3 is 9.63 Å². The molecule has 2 unspecified atom stereocenters. The monoisotopic (exact) mass is 341 g/mol. The molecule has 1 aromatic heterocycles. The van der Waals surface area contributed by atoms with Crippen molar-refractivity contribution in [2.75, 3.05) is 13.1 Å². The number of halogens is 3. The Labute approximate surface area is 137 Å². The molecule has 1 aliphatic heterocycles. The normalized spacial score (nSPS) is 22.7. The fraction of sp³-hybridized carbons (Fsp3) is 0.500. The van der Waals surface area contributed by atoms with Crippen LogP contribution in [0.2, 0.25) is 0 Å². The van der Waals surface area contributed by atoms with Crippen LogP contribution >= 0.6 is 0 Å². The first-order valence-electron chi connectivity index (χ1n) is 7.73. The molecule has 2 aromatic rings. The van der Waals surface area contributed by atoms with E-state index in [9.17, 15) is 18.3 Å². The van der Waals surface area contributed by atoms with Gasteiger partial charge in [0.25, 0.3) is 0 Å². The van der Waals surface area contributed by atoms with Gasteiger partial charge in [-0.3, -0.25) is 4.90 Å². The average Bonchev–Trinajstić information content (AvgIpc) is 2.99. The Bertz CT molecular complexity index is 685. The van der Waals surface area contributed by atoms with Gasteiger partial charge in [0, 0.05) is 12.1 Å². The molecule has 1 saturated heterocycles. The van der Waals surface area contributed by atoms with Gasteiger partial charge in [-0.2, -0.15) is 18.2 Å². The number of hydrogen-bond acceptors (Lipinski definition) is 5. The summed E-state index contributed by atoms with van der Waals surface area (Å²) in [4.78, 5) is 6.25. The summed E-state index contributed by atoms with van der Waals surface area (Å²) in [6, 6.07) is 4.63. The summed E-state index contributed by atoms with van der Waals surface area (Å²) in [5.74, 6) is 0.906. The molecule has 0 aliphatic carbocycles. The molecule has 2 atom stereocenters. The molecule has 0 spiro atoms. The first kappa shape index (κ1) is 16.9. The number of rotatable bonds is 3. The van der Waals surface area contributed by atoms with Gasteiger partial charge in [-0.15, -0.1) is 0 Å². The minimum atomic E-state index is -4.37. The molecule has 0 radical (unpaired) electrons. The molecule has 1 aliphatic rings. The summed E-state index contributed by atoms with van der Waals surface area (Å²) < 4.78 is 42.9. The van der Waals surface area contributed by atoms with Gasteiger partial charge >= 0.3 is 6.18 Å². The molecular formula is C16H18F3N3O2. The Morgan fingerprint density at radius 2 is 2.00 bits per heavy atom. The summed E-state index contributed by atoms with van der Waals surface area (Å²) in [6.45, 7) is 3.80. The van der Waals surface area contributed by atoms with Crippen molar-refractivity contribution < 1.29 is 22.8 Å². The molecule has 130 valence electrons. The third-order valence-electron chi connectivity index (χ3n) is 4.30. The molecule has 0 saturated carbocycles. The second-order valence-electron chi connectivity index (χ2n) is 6.16. The zero-order valence-corrected chi connectivity index (χ0v) is 13.1. The van der Waals surface area contributed by atoms with Gasteiger partial charge in [0.1, 0.15) is 0 Å². The van der Waals surface area contributed by atoms with Crippen molar-refractivity contribution in [1.29, 1.82) is 0 Å². The molecule has 1 aromatic carbocycles. The first-order chi connectivity index (χ1) is 11.3. The van der Waals surface area contributed by atoms with Crippen LogP contribution in [0.15, 0.2) is 28.8 Å². The minimum absolute atomic E-state index is 0.254. The molecule has 3 rings (SSSR count). The largest absolute Gasteiger partial charge is 0.416 e. The quantitative estimate of drug-likeness (QED) is 0.930. The third kappa shape index (κ3) is 3.76. The first-order valence-corrected chi connectivity index (χ1v) is 7.73. The Hall–Kier alpha value is -1.93. The maximum absolute atomic E-state index is 12.6. The number of alkyl halides is 3. The van der Waals surface area contributed by atoms with Crippen LogP contribution in [-0.2, 0) is 12.7 Å². The van der Waals surface area contributed by atoms with E-state index in [-0.39, 0.29) is 17.8 Å². The van der Waals surface area contributed by atoms with E-state index in [1.807, 2.05) is 11.8 Å². The van der Waals surface area contributed by atoms with E-state index in [0.717, 1.165) is 25.1 Å². The molecule has 1 N–H and O–H groups in total. The predicted octanol–water partition coefficient (Wildman–Crippen LogP) is 2.96. The highest BCUT2D eigenvalue weighted by atomic mass is 19.4. The minimum Gasteiger partial charge on any atom is -0.392 e. The zero-order chi connectivity index (χ0) is 17.3. The van der Waals surface area contributed by atoms with Gasteiger partial charge in [0.05, 0.1) is 18.2 Å². The Kier molecular flexibility index (Phi) is 4.60. The molecular weight excluding hydrogens is 323 g/mol. The van der Waals surface area contributed by atoms with Crippen LogP contribution in [-0.4, -0.2) is 39.3 Å². The summed E-state index contributed by atoms with van der Waals surface area (Å²) >= 11 is 0. The van der Waals surface area contributed by atoms with Crippen molar-refractivity contribution in [2.45, 2.75) is 32.2 Å². The van der Waals surface area contributed by atoms with Crippen LogP contribution in [0.4, 0.5) is 13.2 Å². The fourth-order valence-corrected chi connectivity index (χ4v) is 2.69. The molecule has 0 bridgehead atoms. The molecule has 5 nitrogen and oxygen atoms in total. The SMILES string of the molecule is CC1CCN(Cc2nc(-c3ccc(C(F)(F)F)cc3)no2)CC1O. The topological polar surface area (TPSA) is 62.4 Å². The lowest BCUT2D eigenvalue weighted by molar-refractivity contribution is -0.137. The smallest absolute Gasteiger partial charge is 0.392 e. The molecule has 0 amide bonds. The number of β-amino-alcohol motifs (C(OH)–C–C–N with tert-alkyl or cyclic N) is 1. The zero-order valence-electron chi connectivity index (χ0n) is 13.1. The van der Waals surface area contributed by atoms with Crippen LogP contribution in [0.5, 0.6) is 0 Å². The maximum Gasteiger partial charge on any atom is 0.416 e. The number of benzene rings is 1. The molecule has 1 fully saturated rings. The van der Waals surface area contributed by atoms with Gasteiger partial charge in [0.15, 0.2) is 0 Å². The summed E-state index contributed by atoms with van der Waals surface area (Å²) in [5.41, 5.74) is -0.253. The highest BCUT2D eigenvalue weighted by Gasteiger charge is 2.30. The summed E-state index contributed by atoms with van der Waals surface area (Å²) in [6.07, 6.45) is -3.86. The number of piperidine rings is 1. The van der Waals surface area contributed by atoms with E-state index in [4.69, 9.17) is 4.52 Å². The van der Waals surface area contributed by atoms with Crippen LogP contribution in [0.3, 0.4) is 0 Å². The third-order valence-corrected chi connectivity index (χ3v) is 4.30. The lowest BCUT2D eigenvalue weighted by atomic mass is 9.96. The maximum atomic E-state index is 12.6. The molecule has 24 heavy (non-hydrogen) atoms. The number of likely N-dealkylation sites (tertiary alicyclic amines) is 1. The van der Waals surface area contributed by atoms with E-state index < -0.39 is 11.7 Å². The number of aromatic nitrogens is 2. The number of aliphatic hydroxyl groups excluding tert-OH is 1. The highest BCUT2D eigenvalue weighted by Crippen LogP contribution is 2.30. The molecule has 2 heterocycles. The van der Waals surface area contributed by atoms with E-state index in [0.29, 0.717) is 24.5 Å². The van der Waals surface area contributed by atoms with E-state index in [1.54, 1.807) is 0 Å². The van der Waals surface area contributed by atoms with Crippen LogP contribution < -0.4 is 0 Å². The lowest BCUT2D eigenvalue weighted by Gasteiger charge is -2.33. The van der Waals surface area contributed by atoms with Gasteiger partial charge in [0.2, 0.25) is 11.7 Å². The predicted molar refractivity (Wildman–Crippen MR) is 79.8 cm³/mol. The standard InChI is InChI=1S/C16H18F3N3O2/c1-10-6-7-22(8-13(10)23)9-14-20-15(21-24-14)11-2-4-12(5-3-11)16(17,18)19/h2-5,10,13,23H,6-9H2,1H3. The van der Waals surface area contributed by atoms with Crippen molar-refractivity contribution in [2.24, 2.45) is 5.92 Å². The van der Waals surface area contributed by atoms with Gasteiger partial charge in [-0.05, 0) is 31.0 Å².